The summed E-state index contributed by atoms with van der Waals surface area (Å²) >= 11 is 6.53. The maximum atomic E-state index is 12.9. The summed E-state index contributed by atoms with van der Waals surface area (Å²) in [5.41, 5.74) is -0.432. The lowest BCUT2D eigenvalue weighted by Gasteiger charge is -2.13. The average molecular weight is 471 g/mol. The van der Waals surface area contributed by atoms with Crippen LogP contribution in [0.2, 0.25) is 5.02 Å². The summed E-state index contributed by atoms with van der Waals surface area (Å²) in [5, 5.41) is 2.07. The molecule has 6 nitrogen and oxygen atoms in total. The molecule has 2 aromatic rings. The molecule has 1 fully saturated rings. The van der Waals surface area contributed by atoms with Crippen molar-refractivity contribution < 1.29 is 32.3 Å². The first-order chi connectivity index (χ1) is 14.6. The fraction of sp³-hybridized carbons (Fsp3) is 0.150. The molecule has 1 aliphatic rings. The van der Waals surface area contributed by atoms with Crippen molar-refractivity contribution in [2.75, 3.05) is 19.0 Å². The van der Waals surface area contributed by atoms with Crippen LogP contribution in [0.3, 0.4) is 0 Å². The highest BCUT2D eigenvalue weighted by Gasteiger charge is 2.36. The Morgan fingerprint density at radius 2 is 1.97 bits per heavy atom. The number of halogens is 4. The first-order valence-corrected chi connectivity index (χ1v) is 9.84. The molecule has 0 aliphatic carbocycles. The van der Waals surface area contributed by atoms with E-state index in [1.807, 2.05) is 0 Å². The molecule has 3 amide bonds. The van der Waals surface area contributed by atoms with E-state index in [2.05, 4.69) is 5.32 Å². The summed E-state index contributed by atoms with van der Waals surface area (Å²) < 4.78 is 43.6. The fourth-order valence-corrected chi connectivity index (χ4v) is 3.78. The highest BCUT2D eigenvalue weighted by molar-refractivity contribution is 8.18. The Morgan fingerprint density at radius 3 is 2.61 bits per heavy atom. The molecule has 1 heterocycles. The number of imide groups is 1. The van der Waals surface area contributed by atoms with E-state index >= 15 is 0 Å². The minimum atomic E-state index is -4.54. The minimum absolute atomic E-state index is 0.0791. The second-order valence-electron chi connectivity index (χ2n) is 6.29. The van der Waals surface area contributed by atoms with Crippen LogP contribution in [0.4, 0.5) is 23.7 Å². The second kappa shape index (κ2) is 9.03. The van der Waals surface area contributed by atoms with Crippen LogP contribution in [0.25, 0.3) is 6.08 Å². The number of carbonyl (C=O) groups excluding carboxylic acids is 3. The Labute approximate surface area is 184 Å². The molecule has 3 rings (SSSR count). The van der Waals surface area contributed by atoms with E-state index in [1.54, 1.807) is 0 Å². The van der Waals surface area contributed by atoms with Gasteiger partial charge < -0.3 is 10.1 Å². The summed E-state index contributed by atoms with van der Waals surface area (Å²) in [7, 11) is 1.44. The van der Waals surface area contributed by atoms with Crippen LogP contribution in [-0.4, -0.2) is 35.6 Å². The molecule has 1 saturated heterocycles. The van der Waals surface area contributed by atoms with Crippen molar-refractivity contribution >= 4 is 52.2 Å². The van der Waals surface area contributed by atoms with E-state index in [-0.39, 0.29) is 15.5 Å². The molecule has 11 heteroatoms. The van der Waals surface area contributed by atoms with E-state index < -0.39 is 35.3 Å². The van der Waals surface area contributed by atoms with Gasteiger partial charge in [0, 0.05) is 5.69 Å². The summed E-state index contributed by atoms with van der Waals surface area (Å²) in [6.45, 7) is -0.561. The van der Waals surface area contributed by atoms with Crippen LogP contribution in [-0.2, 0) is 15.8 Å². The quantitative estimate of drug-likeness (QED) is 0.619. The predicted octanol–water partition coefficient (Wildman–Crippen LogP) is 5.04. The number of methoxy groups -OCH3 is 1. The Bertz CT molecular complexity index is 1090. The van der Waals surface area contributed by atoms with Crippen molar-refractivity contribution in [3.63, 3.8) is 0 Å². The molecule has 0 saturated carbocycles. The molecule has 0 unspecified atom stereocenters. The van der Waals surface area contributed by atoms with Gasteiger partial charge in [-0.15, -0.1) is 0 Å². The average Bonchev–Trinajstić information content (AvgIpc) is 2.95. The third-order valence-electron chi connectivity index (χ3n) is 4.12. The van der Waals surface area contributed by atoms with Gasteiger partial charge in [-0.3, -0.25) is 19.3 Å². The molecule has 31 heavy (non-hydrogen) atoms. The van der Waals surface area contributed by atoms with Crippen molar-refractivity contribution in [1.29, 1.82) is 0 Å². The summed E-state index contributed by atoms with van der Waals surface area (Å²) in [6, 6.07) is 8.86. The normalized spacial score (nSPS) is 15.5. The van der Waals surface area contributed by atoms with Gasteiger partial charge in [-0.1, -0.05) is 23.7 Å². The number of carbonyl (C=O) groups is 3. The van der Waals surface area contributed by atoms with Gasteiger partial charge in [0.25, 0.3) is 11.1 Å². The molecule has 0 aromatic heterocycles. The van der Waals surface area contributed by atoms with E-state index in [0.29, 0.717) is 28.1 Å². The van der Waals surface area contributed by atoms with Crippen molar-refractivity contribution in [3.8, 4) is 5.75 Å². The molecule has 0 radical (unpaired) electrons. The lowest BCUT2D eigenvalue weighted by Crippen LogP contribution is -2.36. The SMILES string of the molecule is COc1ccc(NC(=O)CN2C(=O)SC(=Cc3cccc(C(F)(F)F)c3)C2=O)cc1Cl. The maximum absolute atomic E-state index is 12.9. The fourth-order valence-electron chi connectivity index (χ4n) is 2.68. The van der Waals surface area contributed by atoms with Gasteiger partial charge in [0.1, 0.15) is 12.3 Å². The second-order valence-corrected chi connectivity index (χ2v) is 7.69. The van der Waals surface area contributed by atoms with E-state index in [9.17, 15) is 27.6 Å². The molecule has 162 valence electrons. The lowest BCUT2D eigenvalue weighted by molar-refractivity contribution is -0.137. The van der Waals surface area contributed by atoms with Crippen molar-refractivity contribution in [3.05, 3.63) is 63.5 Å². The van der Waals surface area contributed by atoms with Crippen LogP contribution in [0, 0.1) is 0 Å². The van der Waals surface area contributed by atoms with Crippen molar-refractivity contribution in [1.82, 2.24) is 4.90 Å². The Balaban J connectivity index is 1.71. The maximum Gasteiger partial charge on any atom is 0.416 e. The zero-order valence-corrected chi connectivity index (χ0v) is 17.4. The molecular weight excluding hydrogens is 457 g/mol. The molecule has 1 N–H and O–H groups in total. The predicted molar refractivity (Wildman–Crippen MR) is 111 cm³/mol. The number of nitrogens with one attached hydrogen (secondary N) is 1. The van der Waals surface area contributed by atoms with Crippen LogP contribution < -0.4 is 10.1 Å². The number of anilines is 1. The Hall–Kier alpha value is -2.98. The highest BCUT2D eigenvalue weighted by atomic mass is 35.5. The molecule has 0 atom stereocenters. The van der Waals surface area contributed by atoms with Gasteiger partial charge in [-0.05, 0) is 53.7 Å². The third-order valence-corrected chi connectivity index (χ3v) is 5.33. The van der Waals surface area contributed by atoms with E-state index in [0.717, 1.165) is 12.1 Å². The number of rotatable bonds is 5. The van der Waals surface area contributed by atoms with Crippen LogP contribution >= 0.6 is 23.4 Å². The van der Waals surface area contributed by atoms with Crippen LogP contribution in [0.15, 0.2) is 47.4 Å². The largest absolute Gasteiger partial charge is 0.495 e. The standard InChI is InChI=1S/C20H14ClF3N2O4S/c1-30-15-6-5-13(9-14(15)21)25-17(27)10-26-18(28)16(31-19(26)29)8-11-3-2-4-12(7-11)20(22,23)24/h2-9H,10H2,1H3,(H,25,27). The van der Waals surface area contributed by atoms with Crippen LogP contribution in [0.1, 0.15) is 11.1 Å². The van der Waals surface area contributed by atoms with E-state index in [1.165, 1.54) is 43.5 Å². The number of ether oxygens (including phenoxy) is 1. The third kappa shape index (κ3) is 5.39. The van der Waals surface area contributed by atoms with Gasteiger partial charge >= 0.3 is 6.18 Å². The van der Waals surface area contributed by atoms with Crippen molar-refractivity contribution in [2.24, 2.45) is 0 Å². The minimum Gasteiger partial charge on any atom is -0.495 e. The highest BCUT2D eigenvalue weighted by Crippen LogP contribution is 2.34. The van der Waals surface area contributed by atoms with Gasteiger partial charge in [0.2, 0.25) is 5.91 Å². The molecular formula is C20H14ClF3N2O4S. The summed E-state index contributed by atoms with van der Waals surface area (Å²) in [6.07, 6.45) is -3.35. The number of amides is 3. The number of hydrogen-bond donors (Lipinski definition) is 1. The first kappa shape index (κ1) is 22.7. The zero-order chi connectivity index (χ0) is 22.8. The Morgan fingerprint density at radius 1 is 1.23 bits per heavy atom. The van der Waals surface area contributed by atoms with Gasteiger partial charge in [0.15, 0.2) is 0 Å². The smallest absolute Gasteiger partial charge is 0.416 e. The zero-order valence-electron chi connectivity index (χ0n) is 15.8. The summed E-state index contributed by atoms with van der Waals surface area (Å²) in [5.74, 6) is -1.01. The molecule has 1 aliphatic heterocycles. The van der Waals surface area contributed by atoms with Gasteiger partial charge in [-0.25, -0.2) is 0 Å². The molecule has 0 spiro atoms. The topological polar surface area (TPSA) is 75.7 Å². The molecule has 2 aromatic carbocycles. The van der Waals surface area contributed by atoms with Crippen molar-refractivity contribution in [2.45, 2.75) is 6.18 Å². The summed E-state index contributed by atoms with van der Waals surface area (Å²) in [4.78, 5) is 37.6. The number of nitrogens with zero attached hydrogens (tertiary/aromatic N) is 1. The number of hydrogen-bond acceptors (Lipinski definition) is 5. The Kier molecular flexibility index (Phi) is 6.61. The van der Waals surface area contributed by atoms with Gasteiger partial charge in [-0.2, -0.15) is 13.2 Å². The number of benzene rings is 2. The van der Waals surface area contributed by atoms with Gasteiger partial charge in [0.05, 0.1) is 22.6 Å². The first-order valence-electron chi connectivity index (χ1n) is 8.64. The number of thioether (sulfide) groups is 1. The van der Waals surface area contributed by atoms with Crippen LogP contribution in [0.5, 0.6) is 5.75 Å². The molecule has 0 bridgehead atoms. The lowest BCUT2D eigenvalue weighted by atomic mass is 10.1. The van der Waals surface area contributed by atoms with E-state index in [4.69, 9.17) is 16.3 Å². The number of alkyl halides is 3. The monoisotopic (exact) mass is 470 g/mol.